The Kier molecular flexibility index (Phi) is 7.53. The summed E-state index contributed by atoms with van der Waals surface area (Å²) in [6.07, 6.45) is 3.38. The highest BCUT2D eigenvalue weighted by atomic mass is 35.5. The van der Waals surface area contributed by atoms with Gasteiger partial charge >= 0.3 is 6.03 Å². The van der Waals surface area contributed by atoms with E-state index in [0.29, 0.717) is 6.42 Å². The summed E-state index contributed by atoms with van der Waals surface area (Å²) in [5.74, 6) is 0.968. The molecular weight excluding hydrogens is 484 g/mol. The number of carbonyl (C=O) groups is 1. The second-order valence-electron chi connectivity index (χ2n) is 7.87. The molecule has 4 aromatic rings. The molecule has 0 saturated carbocycles. The zero-order chi connectivity index (χ0) is 24.8. The van der Waals surface area contributed by atoms with E-state index in [0.717, 1.165) is 34.8 Å². The third-order valence-corrected chi connectivity index (χ3v) is 6.98. The Morgan fingerprint density at radius 3 is 2.43 bits per heavy atom. The van der Waals surface area contributed by atoms with Crippen LogP contribution >= 0.6 is 11.6 Å². The Morgan fingerprint density at radius 1 is 1.00 bits per heavy atom. The van der Waals surface area contributed by atoms with Crippen LogP contribution in [0.15, 0.2) is 90.0 Å². The Hall–Kier alpha value is -3.62. The molecule has 0 atom stereocenters. The van der Waals surface area contributed by atoms with E-state index >= 15 is 0 Å². The van der Waals surface area contributed by atoms with Gasteiger partial charge in [-0.3, -0.25) is 0 Å². The lowest BCUT2D eigenvalue weighted by Gasteiger charge is -2.10. The van der Waals surface area contributed by atoms with Gasteiger partial charge in [-0.2, -0.15) is 0 Å². The van der Waals surface area contributed by atoms with E-state index in [2.05, 4.69) is 16.8 Å². The van der Waals surface area contributed by atoms with Crippen LogP contribution in [0.25, 0.3) is 16.9 Å². The third-order valence-electron chi connectivity index (χ3n) is 5.41. The van der Waals surface area contributed by atoms with E-state index in [1.54, 1.807) is 6.07 Å². The molecule has 0 bridgehead atoms. The zero-order valence-corrected chi connectivity index (χ0v) is 20.7. The molecule has 0 aliphatic carbocycles. The maximum atomic E-state index is 12.3. The number of imidazole rings is 1. The smallest absolute Gasteiger partial charge is 0.328 e. The van der Waals surface area contributed by atoms with Crippen molar-refractivity contribution in [1.29, 1.82) is 0 Å². The minimum absolute atomic E-state index is 0.0721. The molecular formula is C26H25ClN4O3S. The molecule has 180 valence electrons. The van der Waals surface area contributed by atoms with Crippen LogP contribution < -0.4 is 10.0 Å². The highest BCUT2D eigenvalue weighted by molar-refractivity contribution is 7.90. The van der Waals surface area contributed by atoms with Crippen LogP contribution in [-0.2, 0) is 22.9 Å². The standard InChI is InChI=1S/C26H25ClN4O3S/c1-2-25-29-24(20-7-4-3-5-8-20)18-31(25)22-13-11-19(12-14-22)15-16-28-26(32)30-35(33,34)23-10-6-9-21(27)17-23/h3-14,17-18H,2,15-16H2,1H3,(H2,28,30,32). The molecule has 0 unspecified atom stereocenters. The zero-order valence-electron chi connectivity index (χ0n) is 19.1. The Morgan fingerprint density at radius 2 is 1.74 bits per heavy atom. The first kappa shape index (κ1) is 24.5. The minimum atomic E-state index is -3.99. The molecule has 0 spiro atoms. The van der Waals surface area contributed by atoms with Crippen LogP contribution in [0.1, 0.15) is 18.3 Å². The molecule has 1 heterocycles. The van der Waals surface area contributed by atoms with Crippen molar-refractivity contribution in [2.75, 3.05) is 6.54 Å². The summed E-state index contributed by atoms with van der Waals surface area (Å²) >= 11 is 5.84. The first-order chi connectivity index (χ1) is 16.9. The predicted molar refractivity (Wildman–Crippen MR) is 137 cm³/mol. The van der Waals surface area contributed by atoms with Gasteiger partial charge in [0.2, 0.25) is 0 Å². The highest BCUT2D eigenvalue weighted by Gasteiger charge is 2.17. The summed E-state index contributed by atoms with van der Waals surface area (Å²) in [5, 5.41) is 2.85. The van der Waals surface area contributed by atoms with Crippen molar-refractivity contribution >= 4 is 27.7 Å². The molecule has 3 aromatic carbocycles. The second kappa shape index (κ2) is 10.8. The highest BCUT2D eigenvalue weighted by Crippen LogP contribution is 2.22. The summed E-state index contributed by atoms with van der Waals surface area (Å²) in [6, 6.07) is 23.0. The van der Waals surface area contributed by atoms with Crippen LogP contribution in [0.4, 0.5) is 4.79 Å². The molecule has 7 nitrogen and oxygen atoms in total. The third kappa shape index (κ3) is 6.09. The number of nitrogens with zero attached hydrogens (tertiary/aromatic N) is 2. The number of hydrogen-bond acceptors (Lipinski definition) is 4. The number of nitrogens with one attached hydrogen (secondary N) is 2. The number of rotatable bonds is 8. The summed E-state index contributed by atoms with van der Waals surface area (Å²) < 4.78 is 28.7. The van der Waals surface area contributed by atoms with Gasteiger partial charge in [-0.1, -0.05) is 67.1 Å². The molecule has 0 aliphatic rings. The lowest BCUT2D eigenvalue weighted by atomic mass is 10.1. The molecule has 2 amide bonds. The molecule has 0 aliphatic heterocycles. The van der Waals surface area contributed by atoms with Crippen molar-refractivity contribution in [2.24, 2.45) is 0 Å². The first-order valence-corrected chi connectivity index (χ1v) is 13.0. The van der Waals surface area contributed by atoms with Crippen LogP contribution in [0.5, 0.6) is 0 Å². The minimum Gasteiger partial charge on any atom is -0.337 e. The van der Waals surface area contributed by atoms with E-state index in [4.69, 9.17) is 16.6 Å². The maximum absolute atomic E-state index is 12.3. The van der Waals surface area contributed by atoms with Crippen molar-refractivity contribution in [3.05, 3.63) is 101 Å². The van der Waals surface area contributed by atoms with Crippen molar-refractivity contribution < 1.29 is 13.2 Å². The lowest BCUT2D eigenvalue weighted by molar-refractivity contribution is 0.246. The quantitative estimate of drug-likeness (QED) is 0.351. The van der Waals surface area contributed by atoms with Crippen LogP contribution in [-0.4, -0.2) is 30.5 Å². The van der Waals surface area contributed by atoms with Gasteiger partial charge in [0.1, 0.15) is 5.82 Å². The number of hydrogen-bond donors (Lipinski definition) is 2. The average molecular weight is 509 g/mol. The summed E-state index contributed by atoms with van der Waals surface area (Å²) in [5.41, 5.74) is 4.00. The van der Waals surface area contributed by atoms with Gasteiger partial charge in [0.15, 0.2) is 0 Å². The monoisotopic (exact) mass is 508 g/mol. The normalized spacial score (nSPS) is 11.3. The molecule has 0 saturated heterocycles. The molecule has 2 N–H and O–H groups in total. The number of aryl methyl sites for hydroxylation is 1. The maximum Gasteiger partial charge on any atom is 0.328 e. The number of urea groups is 1. The molecule has 0 fully saturated rings. The van der Waals surface area contributed by atoms with E-state index in [1.807, 2.05) is 65.5 Å². The van der Waals surface area contributed by atoms with Gasteiger partial charge in [0.05, 0.1) is 10.6 Å². The molecule has 35 heavy (non-hydrogen) atoms. The second-order valence-corrected chi connectivity index (χ2v) is 9.99. The van der Waals surface area contributed by atoms with Gasteiger partial charge < -0.3 is 9.88 Å². The van der Waals surface area contributed by atoms with Crippen molar-refractivity contribution in [2.45, 2.75) is 24.7 Å². The fraction of sp³-hybridized carbons (Fsp3) is 0.154. The Bertz CT molecular complexity index is 1420. The van der Waals surface area contributed by atoms with Gasteiger partial charge in [0.25, 0.3) is 10.0 Å². The lowest BCUT2D eigenvalue weighted by Crippen LogP contribution is -2.40. The van der Waals surface area contributed by atoms with Gasteiger partial charge in [-0.25, -0.2) is 22.9 Å². The van der Waals surface area contributed by atoms with Crippen molar-refractivity contribution in [3.8, 4) is 16.9 Å². The summed E-state index contributed by atoms with van der Waals surface area (Å²) in [4.78, 5) is 16.8. The van der Waals surface area contributed by atoms with Gasteiger partial charge in [0, 0.05) is 35.4 Å². The van der Waals surface area contributed by atoms with Crippen LogP contribution in [0.2, 0.25) is 5.02 Å². The average Bonchev–Trinajstić information content (AvgIpc) is 3.29. The van der Waals surface area contributed by atoms with E-state index in [9.17, 15) is 13.2 Å². The Labute approximate surface area is 209 Å². The fourth-order valence-corrected chi connectivity index (χ4v) is 4.86. The predicted octanol–water partition coefficient (Wildman–Crippen LogP) is 4.99. The largest absolute Gasteiger partial charge is 0.337 e. The van der Waals surface area contributed by atoms with Gasteiger partial charge in [-0.05, 0) is 42.3 Å². The molecule has 0 radical (unpaired) electrons. The molecule has 1 aromatic heterocycles. The van der Waals surface area contributed by atoms with Crippen LogP contribution in [0, 0.1) is 0 Å². The van der Waals surface area contributed by atoms with E-state index in [1.165, 1.54) is 18.2 Å². The Balaban J connectivity index is 1.35. The first-order valence-electron chi connectivity index (χ1n) is 11.1. The summed E-state index contributed by atoms with van der Waals surface area (Å²) in [7, 11) is -3.99. The number of sulfonamides is 1. The van der Waals surface area contributed by atoms with Gasteiger partial charge in [-0.15, -0.1) is 0 Å². The number of carbonyl (C=O) groups excluding carboxylic acids is 1. The number of aromatic nitrogens is 2. The SMILES string of the molecule is CCc1nc(-c2ccccc2)cn1-c1ccc(CCNC(=O)NS(=O)(=O)c2cccc(Cl)c2)cc1. The van der Waals surface area contributed by atoms with Crippen molar-refractivity contribution in [1.82, 2.24) is 19.6 Å². The van der Waals surface area contributed by atoms with Crippen molar-refractivity contribution in [3.63, 3.8) is 0 Å². The number of benzene rings is 3. The molecule has 9 heteroatoms. The van der Waals surface area contributed by atoms with Crippen LogP contribution in [0.3, 0.4) is 0 Å². The topological polar surface area (TPSA) is 93.1 Å². The summed E-state index contributed by atoms with van der Waals surface area (Å²) in [6.45, 7) is 2.35. The fourth-order valence-electron chi connectivity index (χ4n) is 3.63. The number of halogens is 1. The van der Waals surface area contributed by atoms with E-state index < -0.39 is 16.1 Å². The van der Waals surface area contributed by atoms with E-state index in [-0.39, 0.29) is 16.5 Å². The molecule has 4 rings (SSSR count). The number of amides is 2.